The molecule has 0 saturated heterocycles. The molecule has 0 spiro atoms. The SMILES string of the molecule is CCc1nn2c(=O)cc(COC(=O)c3cc(C)ccc3C)nc2s1. The summed E-state index contributed by atoms with van der Waals surface area (Å²) in [6.45, 7) is 5.70. The van der Waals surface area contributed by atoms with Gasteiger partial charge in [0.1, 0.15) is 11.6 Å². The molecule has 7 heteroatoms. The van der Waals surface area contributed by atoms with Crippen LogP contribution in [0.4, 0.5) is 0 Å². The second-order valence-corrected chi connectivity index (χ2v) is 6.56. The van der Waals surface area contributed by atoms with Crippen molar-refractivity contribution in [3.63, 3.8) is 0 Å². The number of aryl methyl sites for hydroxylation is 3. The molecule has 0 unspecified atom stereocenters. The minimum absolute atomic E-state index is 0.0443. The quantitative estimate of drug-likeness (QED) is 0.681. The summed E-state index contributed by atoms with van der Waals surface area (Å²) >= 11 is 1.36. The van der Waals surface area contributed by atoms with Crippen molar-refractivity contribution >= 4 is 22.3 Å². The van der Waals surface area contributed by atoms with Gasteiger partial charge < -0.3 is 4.74 Å². The molecule has 3 aromatic rings. The zero-order valence-corrected chi connectivity index (χ0v) is 14.5. The van der Waals surface area contributed by atoms with Gasteiger partial charge in [-0.3, -0.25) is 4.79 Å². The van der Waals surface area contributed by atoms with Gasteiger partial charge in [-0.25, -0.2) is 9.78 Å². The van der Waals surface area contributed by atoms with E-state index < -0.39 is 5.97 Å². The summed E-state index contributed by atoms with van der Waals surface area (Å²) < 4.78 is 6.60. The smallest absolute Gasteiger partial charge is 0.338 e. The number of benzene rings is 1. The Labute approximate surface area is 142 Å². The van der Waals surface area contributed by atoms with Gasteiger partial charge in [0.05, 0.1) is 11.3 Å². The zero-order chi connectivity index (χ0) is 17.3. The van der Waals surface area contributed by atoms with Crippen molar-refractivity contribution in [1.29, 1.82) is 0 Å². The molecule has 1 aromatic carbocycles. The maximum atomic E-state index is 12.2. The molecule has 0 aliphatic rings. The van der Waals surface area contributed by atoms with E-state index in [2.05, 4.69) is 10.1 Å². The molecule has 0 N–H and O–H groups in total. The zero-order valence-electron chi connectivity index (χ0n) is 13.7. The predicted molar refractivity (Wildman–Crippen MR) is 91.5 cm³/mol. The van der Waals surface area contributed by atoms with Crippen LogP contribution in [0.5, 0.6) is 0 Å². The number of ether oxygens (including phenoxy) is 1. The molecular formula is C17H17N3O3S. The Morgan fingerprint density at radius 1 is 1.29 bits per heavy atom. The monoisotopic (exact) mass is 343 g/mol. The third kappa shape index (κ3) is 3.21. The maximum Gasteiger partial charge on any atom is 0.338 e. The van der Waals surface area contributed by atoms with Gasteiger partial charge in [0.15, 0.2) is 0 Å². The number of esters is 1. The highest BCUT2D eigenvalue weighted by Gasteiger charge is 2.13. The molecule has 0 aliphatic heterocycles. The topological polar surface area (TPSA) is 73.6 Å². The van der Waals surface area contributed by atoms with Gasteiger partial charge in [0.25, 0.3) is 5.56 Å². The highest BCUT2D eigenvalue weighted by atomic mass is 32.1. The van der Waals surface area contributed by atoms with E-state index in [1.165, 1.54) is 21.9 Å². The van der Waals surface area contributed by atoms with E-state index in [0.29, 0.717) is 16.2 Å². The highest BCUT2D eigenvalue weighted by Crippen LogP contribution is 2.14. The fraction of sp³-hybridized carbons (Fsp3) is 0.294. The number of carbonyl (C=O) groups excluding carboxylic acids is 1. The Balaban J connectivity index is 1.81. The molecule has 124 valence electrons. The molecule has 0 radical (unpaired) electrons. The Kier molecular flexibility index (Phi) is 4.44. The van der Waals surface area contributed by atoms with E-state index in [-0.39, 0.29) is 12.2 Å². The molecule has 6 nitrogen and oxygen atoms in total. The Hall–Kier alpha value is -2.54. The van der Waals surface area contributed by atoms with Crippen LogP contribution in [0.1, 0.15) is 39.1 Å². The molecule has 0 fully saturated rings. The van der Waals surface area contributed by atoms with Crippen molar-refractivity contribution in [1.82, 2.24) is 14.6 Å². The second-order valence-electron chi connectivity index (χ2n) is 5.52. The van der Waals surface area contributed by atoms with E-state index in [1.807, 2.05) is 32.9 Å². The van der Waals surface area contributed by atoms with E-state index in [4.69, 9.17) is 4.74 Å². The van der Waals surface area contributed by atoms with Crippen molar-refractivity contribution in [2.75, 3.05) is 0 Å². The molecule has 24 heavy (non-hydrogen) atoms. The van der Waals surface area contributed by atoms with Crippen LogP contribution in [0, 0.1) is 13.8 Å². The summed E-state index contributed by atoms with van der Waals surface area (Å²) in [7, 11) is 0. The summed E-state index contributed by atoms with van der Waals surface area (Å²) in [6.07, 6.45) is 0.740. The lowest BCUT2D eigenvalue weighted by Crippen LogP contribution is -2.17. The first-order valence-electron chi connectivity index (χ1n) is 7.61. The van der Waals surface area contributed by atoms with Gasteiger partial charge in [-0.05, 0) is 31.9 Å². The molecule has 0 saturated carbocycles. The highest BCUT2D eigenvalue weighted by molar-refractivity contribution is 7.16. The van der Waals surface area contributed by atoms with Crippen LogP contribution >= 0.6 is 11.3 Å². The number of hydrogen-bond donors (Lipinski definition) is 0. The first-order valence-corrected chi connectivity index (χ1v) is 8.42. The van der Waals surface area contributed by atoms with Crippen LogP contribution in [0.25, 0.3) is 4.96 Å². The third-order valence-corrected chi connectivity index (χ3v) is 4.66. The van der Waals surface area contributed by atoms with E-state index in [9.17, 15) is 9.59 Å². The number of fused-ring (bicyclic) bond motifs is 1. The largest absolute Gasteiger partial charge is 0.456 e. The van der Waals surface area contributed by atoms with Crippen molar-refractivity contribution in [2.45, 2.75) is 33.8 Å². The molecule has 0 amide bonds. The van der Waals surface area contributed by atoms with E-state index >= 15 is 0 Å². The van der Waals surface area contributed by atoms with E-state index in [0.717, 1.165) is 22.6 Å². The minimum Gasteiger partial charge on any atom is -0.456 e. The Bertz CT molecular complexity index is 975. The number of nitrogens with zero attached hydrogens (tertiary/aromatic N) is 3. The maximum absolute atomic E-state index is 12.2. The lowest BCUT2D eigenvalue weighted by atomic mass is 10.1. The molecular weight excluding hydrogens is 326 g/mol. The first kappa shape index (κ1) is 16.3. The fourth-order valence-electron chi connectivity index (χ4n) is 2.29. The van der Waals surface area contributed by atoms with Crippen molar-refractivity contribution in [3.8, 4) is 0 Å². The Morgan fingerprint density at radius 3 is 2.83 bits per heavy atom. The van der Waals surface area contributed by atoms with Crippen LogP contribution < -0.4 is 5.56 Å². The fourth-order valence-corrected chi connectivity index (χ4v) is 3.14. The number of carbonyl (C=O) groups is 1. The van der Waals surface area contributed by atoms with Gasteiger partial charge in [0, 0.05) is 6.07 Å². The summed E-state index contributed by atoms with van der Waals surface area (Å²) in [4.78, 5) is 29.2. The van der Waals surface area contributed by atoms with Crippen LogP contribution in [0.2, 0.25) is 0 Å². The number of aromatic nitrogens is 3. The summed E-state index contributed by atoms with van der Waals surface area (Å²) in [5, 5.41) is 5.03. The second kappa shape index (κ2) is 6.52. The molecule has 2 heterocycles. The van der Waals surface area contributed by atoms with Gasteiger partial charge in [0.2, 0.25) is 4.96 Å². The minimum atomic E-state index is -0.420. The molecule has 0 atom stereocenters. The molecule has 0 aliphatic carbocycles. The first-order chi connectivity index (χ1) is 11.5. The average molecular weight is 343 g/mol. The normalized spacial score (nSPS) is 11.0. The third-order valence-electron chi connectivity index (χ3n) is 3.61. The van der Waals surface area contributed by atoms with Crippen molar-refractivity contribution in [3.05, 3.63) is 62.0 Å². The lowest BCUT2D eigenvalue weighted by Gasteiger charge is -2.07. The lowest BCUT2D eigenvalue weighted by molar-refractivity contribution is 0.0467. The number of hydrogen-bond acceptors (Lipinski definition) is 6. The van der Waals surface area contributed by atoms with Gasteiger partial charge in [-0.1, -0.05) is 36.0 Å². The van der Waals surface area contributed by atoms with Crippen molar-refractivity contribution in [2.24, 2.45) is 0 Å². The average Bonchev–Trinajstić information content (AvgIpc) is 2.98. The summed E-state index contributed by atoms with van der Waals surface area (Å²) in [5.41, 5.74) is 2.52. The summed E-state index contributed by atoms with van der Waals surface area (Å²) in [5.74, 6) is -0.420. The van der Waals surface area contributed by atoms with Crippen LogP contribution in [0.3, 0.4) is 0 Å². The van der Waals surface area contributed by atoms with E-state index in [1.54, 1.807) is 6.07 Å². The molecule has 0 bridgehead atoms. The number of rotatable bonds is 4. The Morgan fingerprint density at radius 2 is 2.08 bits per heavy atom. The molecule has 3 rings (SSSR count). The summed E-state index contributed by atoms with van der Waals surface area (Å²) in [6, 6.07) is 6.96. The molecule has 2 aromatic heterocycles. The van der Waals surface area contributed by atoms with Gasteiger partial charge >= 0.3 is 5.97 Å². The van der Waals surface area contributed by atoms with Crippen LogP contribution in [-0.2, 0) is 17.8 Å². The van der Waals surface area contributed by atoms with Gasteiger partial charge in [-0.15, -0.1) is 0 Å². The van der Waals surface area contributed by atoms with Crippen LogP contribution in [-0.4, -0.2) is 20.6 Å². The standard InChI is InChI=1S/C17H17N3O3S/c1-4-14-19-20-15(21)8-12(18-17(20)24-14)9-23-16(22)13-7-10(2)5-6-11(13)3/h5-8H,4,9H2,1-3H3. The van der Waals surface area contributed by atoms with Crippen molar-refractivity contribution < 1.29 is 9.53 Å². The van der Waals surface area contributed by atoms with Gasteiger partial charge in [-0.2, -0.15) is 9.61 Å². The predicted octanol–water partition coefficient (Wildman–Crippen LogP) is 2.69. The van der Waals surface area contributed by atoms with Crippen LogP contribution in [0.15, 0.2) is 29.1 Å².